The van der Waals surface area contributed by atoms with Crippen LogP contribution >= 0.6 is 0 Å². The maximum absolute atomic E-state index is 12.2. The molecule has 1 aliphatic heterocycles. The van der Waals surface area contributed by atoms with Gasteiger partial charge >= 0.3 is 0 Å². The number of rotatable bonds is 5. The van der Waals surface area contributed by atoms with Crippen molar-refractivity contribution >= 4 is 11.7 Å². The lowest BCUT2D eigenvalue weighted by Gasteiger charge is -2.24. The van der Waals surface area contributed by atoms with Gasteiger partial charge in [-0.25, -0.2) is 0 Å². The summed E-state index contributed by atoms with van der Waals surface area (Å²) in [6, 6.07) is 15.8. The predicted octanol–water partition coefficient (Wildman–Crippen LogP) is 3.48. The first-order valence-electron chi connectivity index (χ1n) is 8.82. The molecular weight excluding hydrogens is 342 g/mol. The fourth-order valence-electron chi connectivity index (χ4n) is 3.40. The van der Waals surface area contributed by atoms with Crippen molar-refractivity contribution in [3.8, 4) is 11.5 Å². The highest BCUT2D eigenvalue weighted by atomic mass is 16.5. The van der Waals surface area contributed by atoms with Gasteiger partial charge in [-0.15, -0.1) is 0 Å². The molecule has 2 aromatic carbocycles. The standard InChI is InChI=1S/C21H21N3O3/c1-24-21-17(12-22-24)16(11-20(25)23-21)15-8-9-18(26-2)19(10-15)27-13-14-6-4-3-5-7-14/h3-10,12,16H,11,13H2,1-2H3,(H,23,25). The van der Waals surface area contributed by atoms with Crippen molar-refractivity contribution in [3.63, 3.8) is 0 Å². The Morgan fingerprint density at radius 1 is 1.19 bits per heavy atom. The first-order valence-corrected chi connectivity index (χ1v) is 8.82. The molecule has 6 heteroatoms. The number of carbonyl (C=O) groups is 1. The van der Waals surface area contributed by atoms with E-state index in [0.717, 1.165) is 22.5 Å². The number of amides is 1. The Bertz CT molecular complexity index is 966. The molecule has 1 unspecified atom stereocenters. The molecule has 138 valence electrons. The Balaban J connectivity index is 1.65. The van der Waals surface area contributed by atoms with Crippen molar-refractivity contribution in [2.24, 2.45) is 7.05 Å². The zero-order valence-electron chi connectivity index (χ0n) is 15.3. The minimum atomic E-state index is -0.0626. The van der Waals surface area contributed by atoms with Crippen LogP contribution in [0.1, 0.15) is 29.0 Å². The van der Waals surface area contributed by atoms with E-state index in [-0.39, 0.29) is 11.8 Å². The molecule has 1 amide bonds. The molecule has 4 rings (SSSR count). The summed E-state index contributed by atoms with van der Waals surface area (Å²) < 4.78 is 13.2. The van der Waals surface area contributed by atoms with E-state index in [1.807, 2.05) is 61.8 Å². The second-order valence-electron chi connectivity index (χ2n) is 6.56. The van der Waals surface area contributed by atoms with E-state index in [1.54, 1.807) is 11.8 Å². The monoisotopic (exact) mass is 363 g/mol. The number of nitrogens with one attached hydrogen (secondary N) is 1. The molecule has 1 atom stereocenters. The van der Waals surface area contributed by atoms with Crippen LogP contribution < -0.4 is 14.8 Å². The lowest BCUT2D eigenvalue weighted by molar-refractivity contribution is -0.116. The van der Waals surface area contributed by atoms with Gasteiger partial charge in [0.2, 0.25) is 5.91 Å². The van der Waals surface area contributed by atoms with E-state index in [9.17, 15) is 4.79 Å². The van der Waals surface area contributed by atoms with Crippen LogP contribution in [-0.2, 0) is 18.4 Å². The zero-order valence-corrected chi connectivity index (χ0v) is 15.3. The predicted molar refractivity (Wildman–Crippen MR) is 102 cm³/mol. The zero-order chi connectivity index (χ0) is 18.8. The Hall–Kier alpha value is -3.28. The number of benzene rings is 2. The molecule has 0 spiro atoms. The van der Waals surface area contributed by atoms with Gasteiger partial charge < -0.3 is 14.8 Å². The summed E-state index contributed by atoms with van der Waals surface area (Å²) in [4.78, 5) is 12.2. The number of ether oxygens (including phenoxy) is 2. The van der Waals surface area contributed by atoms with Crippen LogP contribution in [0.15, 0.2) is 54.7 Å². The highest BCUT2D eigenvalue weighted by Gasteiger charge is 2.29. The van der Waals surface area contributed by atoms with E-state index in [2.05, 4.69) is 10.4 Å². The Kier molecular flexibility index (Phi) is 4.54. The summed E-state index contributed by atoms with van der Waals surface area (Å²) in [6.45, 7) is 0.448. The van der Waals surface area contributed by atoms with Gasteiger partial charge in [-0.05, 0) is 23.3 Å². The van der Waals surface area contributed by atoms with E-state index < -0.39 is 0 Å². The third-order valence-corrected chi connectivity index (χ3v) is 4.82. The molecule has 0 radical (unpaired) electrons. The molecule has 0 aliphatic carbocycles. The number of nitrogens with zero attached hydrogens (tertiary/aromatic N) is 2. The lowest BCUT2D eigenvalue weighted by Crippen LogP contribution is -2.24. The molecule has 1 aliphatic rings. The first-order chi connectivity index (χ1) is 13.2. The average molecular weight is 363 g/mol. The van der Waals surface area contributed by atoms with Crippen molar-refractivity contribution in [2.45, 2.75) is 18.9 Å². The minimum absolute atomic E-state index is 0.0151. The molecule has 0 saturated heterocycles. The van der Waals surface area contributed by atoms with E-state index in [0.29, 0.717) is 24.5 Å². The number of methoxy groups -OCH3 is 1. The van der Waals surface area contributed by atoms with Crippen LogP contribution in [-0.4, -0.2) is 22.8 Å². The van der Waals surface area contributed by atoms with E-state index in [4.69, 9.17) is 9.47 Å². The summed E-state index contributed by atoms with van der Waals surface area (Å²) in [5, 5.41) is 7.18. The maximum Gasteiger partial charge on any atom is 0.226 e. The number of aromatic nitrogens is 2. The number of carbonyl (C=O) groups excluding carboxylic acids is 1. The van der Waals surface area contributed by atoms with Gasteiger partial charge in [-0.2, -0.15) is 5.10 Å². The van der Waals surface area contributed by atoms with Gasteiger partial charge in [0.15, 0.2) is 11.5 Å². The van der Waals surface area contributed by atoms with Crippen LogP contribution in [0.3, 0.4) is 0 Å². The first kappa shape index (κ1) is 17.1. The summed E-state index contributed by atoms with van der Waals surface area (Å²) in [7, 11) is 3.45. The van der Waals surface area contributed by atoms with E-state index in [1.165, 1.54) is 0 Å². The molecule has 1 aromatic heterocycles. The molecule has 1 N–H and O–H groups in total. The molecule has 3 aromatic rings. The molecule has 0 saturated carbocycles. The third kappa shape index (κ3) is 3.38. The maximum atomic E-state index is 12.2. The van der Waals surface area contributed by atoms with Gasteiger partial charge in [-0.1, -0.05) is 36.4 Å². The molecular formula is C21H21N3O3. The quantitative estimate of drug-likeness (QED) is 0.754. The summed E-state index contributed by atoms with van der Waals surface area (Å²) in [6.07, 6.45) is 2.19. The van der Waals surface area contributed by atoms with Crippen molar-refractivity contribution < 1.29 is 14.3 Å². The van der Waals surface area contributed by atoms with Crippen molar-refractivity contribution in [2.75, 3.05) is 12.4 Å². The van der Waals surface area contributed by atoms with Crippen LogP contribution in [0, 0.1) is 0 Å². The SMILES string of the molecule is COc1ccc(C2CC(=O)Nc3c2cnn3C)cc1OCc1ccccc1. The highest BCUT2D eigenvalue weighted by molar-refractivity contribution is 5.94. The third-order valence-electron chi connectivity index (χ3n) is 4.82. The fraction of sp³-hybridized carbons (Fsp3) is 0.238. The van der Waals surface area contributed by atoms with Gasteiger partial charge in [0, 0.05) is 24.9 Å². The number of hydrogen-bond donors (Lipinski definition) is 1. The van der Waals surface area contributed by atoms with Gasteiger partial charge in [0.1, 0.15) is 12.4 Å². The summed E-state index contributed by atoms with van der Waals surface area (Å²) in [5.41, 5.74) is 3.09. The van der Waals surface area contributed by atoms with Gasteiger partial charge in [-0.3, -0.25) is 9.48 Å². The smallest absolute Gasteiger partial charge is 0.226 e. The fourth-order valence-corrected chi connectivity index (χ4v) is 3.40. The van der Waals surface area contributed by atoms with Crippen LogP contribution in [0.25, 0.3) is 0 Å². The van der Waals surface area contributed by atoms with Crippen LogP contribution in [0.5, 0.6) is 11.5 Å². The molecule has 0 fully saturated rings. The molecule has 6 nitrogen and oxygen atoms in total. The molecule has 27 heavy (non-hydrogen) atoms. The number of fused-ring (bicyclic) bond motifs is 1. The van der Waals surface area contributed by atoms with Gasteiger partial charge in [0.05, 0.1) is 13.3 Å². The Labute approximate surface area is 157 Å². The number of aryl methyl sites for hydroxylation is 1. The van der Waals surface area contributed by atoms with Crippen LogP contribution in [0.2, 0.25) is 0 Å². The van der Waals surface area contributed by atoms with Crippen molar-refractivity contribution in [3.05, 3.63) is 71.4 Å². The lowest BCUT2D eigenvalue weighted by atomic mass is 9.87. The van der Waals surface area contributed by atoms with Crippen molar-refractivity contribution in [1.29, 1.82) is 0 Å². The Morgan fingerprint density at radius 2 is 2.00 bits per heavy atom. The second kappa shape index (κ2) is 7.15. The average Bonchev–Trinajstić information content (AvgIpc) is 3.07. The molecule has 2 heterocycles. The number of anilines is 1. The Morgan fingerprint density at radius 3 is 2.78 bits per heavy atom. The minimum Gasteiger partial charge on any atom is -0.493 e. The van der Waals surface area contributed by atoms with Crippen molar-refractivity contribution in [1.82, 2.24) is 9.78 Å². The molecule has 0 bridgehead atoms. The second-order valence-corrected chi connectivity index (χ2v) is 6.56. The summed E-state index contributed by atoms with van der Waals surface area (Å²) >= 11 is 0. The number of hydrogen-bond acceptors (Lipinski definition) is 4. The van der Waals surface area contributed by atoms with Gasteiger partial charge in [0.25, 0.3) is 0 Å². The normalized spacial score (nSPS) is 15.8. The topological polar surface area (TPSA) is 65.4 Å². The van der Waals surface area contributed by atoms with E-state index >= 15 is 0 Å². The highest BCUT2D eigenvalue weighted by Crippen LogP contribution is 2.40. The van der Waals surface area contributed by atoms with Crippen LogP contribution in [0.4, 0.5) is 5.82 Å². The summed E-state index contributed by atoms with van der Waals surface area (Å²) in [5.74, 6) is 2.00. The largest absolute Gasteiger partial charge is 0.493 e.